The van der Waals surface area contributed by atoms with Gasteiger partial charge in [0.15, 0.2) is 11.5 Å². The number of esters is 1. The van der Waals surface area contributed by atoms with Crippen molar-refractivity contribution in [1.82, 2.24) is 0 Å². The Hall–Kier alpha value is -2.82. The second-order valence-electron chi connectivity index (χ2n) is 3.91. The predicted molar refractivity (Wildman–Crippen MR) is 73.8 cm³/mol. The molecule has 0 aromatic heterocycles. The summed E-state index contributed by atoms with van der Waals surface area (Å²) in [7, 11) is 1.47. The normalized spacial score (nSPS) is 10.4. The van der Waals surface area contributed by atoms with Crippen molar-refractivity contribution < 1.29 is 19.5 Å². The molecule has 0 saturated carbocycles. The summed E-state index contributed by atoms with van der Waals surface area (Å²) in [4.78, 5) is 11.9. The van der Waals surface area contributed by atoms with Gasteiger partial charge in [0, 0.05) is 5.56 Å². The van der Waals surface area contributed by atoms with E-state index in [2.05, 4.69) is 5.16 Å². The third-order valence-electron chi connectivity index (χ3n) is 2.61. The van der Waals surface area contributed by atoms with E-state index in [4.69, 9.17) is 14.7 Å². The van der Waals surface area contributed by atoms with Crippen molar-refractivity contribution in [2.24, 2.45) is 5.16 Å². The number of nitrogens with zero attached hydrogens (tertiary/aromatic N) is 1. The van der Waals surface area contributed by atoms with E-state index in [0.717, 1.165) is 0 Å². The van der Waals surface area contributed by atoms with Crippen molar-refractivity contribution in [2.75, 3.05) is 7.11 Å². The maximum Gasteiger partial charge on any atom is 0.343 e. The van der Waals surface area contributed by atoms with Gasteiger partial charge in [0.2, 0.25) is 0 Å². The molecular weight excluding hydrogens is 258 g/mol. The quantitative estimate of drug-likeness (QED) is 0.305. The van der Waals surface area contributed by atoms with Crippen LogP contribution in [0.25, 0.3) is 0 Å². The first kappa shape index (κ1) is 13.6. The summed E-state index contributed by atoms with van der Waals surface area (Å²) in [5, 5.41) is 11.4. The van der Waals surface area contributed by atoms with Crippen molar-refractivity contribution >= 4 is 12.2 Å². The Bertz CT molecular complexity index is 623. The third kappa shape index (κ3) is 3.14. The molecule has 0 aliphatic carbocycles. The van der Waals surface area contributed by atoms with Gasteiger partial charge in [-0.05, 0) is 30.3 Å². The topological polar surface area (TPSA) is 68.1 Å². The van der Waals surface area contributed by atoms with Crippen LogP contribution in [0.1, 0.15) is 15.9 Å². The minimum Gasteiger partial charge on any atom is -0.493 e. The largest absolute Gasteiger partial charge is 0.493 e. The molecule has 5 nitrogen and oxygen atoms in total. The van der Waals surface area contributed by atoms with Gasteiger partial charge in [-0.15, -0.1) is 0 Å². The zero-order valence-corrected chi connectivity index (χ0v) is 10.8. The highest BCUT2D eigenvalue weighted by Crippen LogP contribution is 2.28. The molecule has 0 aliphatic rings. The molecule has 0 heterocycles. The Morgan fingerprint density at radius 2 is 1.90 bits per heavy atom. The van der Waals surface area contributed by atoms with Gasteiger partial charge in [-0.2, -0.15) is 0 Å². The minimum absolute atomic E-state index is 0.302. The number of carbonyl (C=O) groups is 1. The van der Waals surface area contributed by atoms with Gasteiger partial charge in [0.25, 0.3) is 0 Å². The van der Waals surface area contributed by atoms with E-state index < -0.39 is 5.97 Å². The third-order valence-corrected chi connectivity index (χ3v) is 2.61. The van der Waals surface area contributed by atoms with E-state index in [1.54, 1.807) is 42.5 Å². The van der Waals surface area contributed by atoms with Crippen molar-refractivity contribution in [3.05, 3.63) is 59.7 Å². The SMILES string of the molecule is COc1cc(/C=N/O)ccc1OC(=O)c1ccccc1. The fourth-order valence-electron chi connectivity index (χ4n) is 1.65. The van der Waals surface area contributed by atoms with Crippen LogP contribution in [0, 0.1) is 0 Å². The highest BCUT2D eigenvalue weighted by Gasteiger charge is 2.12. The van der Waals surface area contributed by atoms with Crippen LogP contribution in [0.3, 0.4) is 0 Å². The Labute approximate surface area is 116 Å². The second-order valence-corrected chi connectivity index (χ2v) is 3.91. The number of benzene rings is 2. The molecule has 0 aliphatic heterocycles. The van der Waals surface area contributed by atoms with Gasteiger partial charge in [-0.25, -0.2) is 4.79 Å². The van der Waals surface area contributed by atoms with Crippen molar-refractivity contribution in [1.29, 1.82) is 0 Å². The fourth-order valence-corrected chi connectivity index (χ4v) is 1.65. The maximum absolute atomic E-state index is 11.9. The summed E-state index contributed by atoms with van der Waals surface area (Å²) in [5.41, 5.74) is 1.08. The molecule has 0 unspecified atom stereocenters. The molecule has 102 valence electrons. The average molecular weight is 271 g/mol. The lowest BCUT2D eigenvalue weighted by Crippen LogP contribution is -2.09. The van der Waals surface area contributed by atoms with Gasteiger partial charge >= 0.3 is 5.97 Å². The zero-order valence-electron chi connectivity index (χ0n) is 10.8. The first-order valence-corrected chi connectivity index (χ1v) is 5.87. The maximum atomic E-state index is 11.9. The average Bonchev–Trinajstić information content (AvgIpc) is 2.50. The van der Waals surface area contributed by atoms with Crippen LogP contribution in [0.5, 0.6) is 11.5 Å². The summed E-state index contributed by atoms with van der Waals surface area (Å²) in [6.45, 7) is 0. The molecule has 5 heteroatoms. The molecule has 0 saturated heterocycles. The lowest BCUT2D eigenvalue weighted by Gasteiger charge is -2.09. The van der Waals surface area contributed by atoms with Crippen LogP contribution in [0.2, 0.25) is 0 Å². The molecule has 0 amide bonds. The van der Waals surface area contributed by atoms with Gasteiger partial charge in [0.05, 0.1) is 18.9 Å². The number of carbonyl (C=O) groups excluding carboxylic acids is 1. The van der Waals surface area contributed by atoms with E-state index >= 15 is 0 Å². The number of rotatable bonds is 4. The Morgan fingerprint density at radius 3 is 2.55 bits per heavy atom. The van der Waals surface area contributed by atoms with E-state index in [1.165, 1.54) is 13.3 Å². The summed E-state index contributed by atoms with van der Waals surface area (Å²) >= 11 is 0. The fraction of sp³-hybridized carbons (Fsp3) is 0.0667. The zero-order chi connectivity index (χ0) is 14.4. The molecule has 1 N–H and O–H groups in total. The van der Waals surface area contributed by atoms with E-state index in [-0.39, 0.29) is 0 Å². The lowest BCUT2D eigenvalue weighted by atomic mass is 10.2. The van der Waals surface area contributed by atoms with E-state index in [0.29, 0.717) is 22.6 Å². The molecule has 0 spiro atoms. The van der Waals surface area contributed by atoms with Crippen LogP contribution in [0.15, 0.2) is 53.7 Å². The van der Waals surface area contributed by atoms with Crippen LogP contribution in [0.4, 0.5) is 0 Å². The molecular formula is C15H13NO4. The van der Waals surface area contributed by atoms with Crippen LogP contribution in [-0.2, 0) is 0 Å². The van der Waals surface area contributed by atoms with Crippen LogP contribution >= 0.6 is 0 Å². The Morgan fingerprint density at radius 1 is 1.15 bits per heavy atom. The first-order chi connectivity index (χ1) is 9.74. The summed E-state index contributed by atoms with van der Waals surface area (Å²) < 4.78 is 10.4. The van der Waals surface area contributed by atoms with E-state index in [9.17, 15) is 4.79 Å². The molecule has 2 aromatic carbocycles. The molecule has 20 heavy (non-hydrogen) atoms. The lowest BCUT2D eigenvalue weighted by molar-refractivity contribution is 0.0729. The Kier molecular flexibility index (Phi) is 4.34. The first-order valence-electron chi connectivity index (χ1n) is 5.87. The van der Waals surface area contributed by atoms with Gasteiger partial charge < -0.3 is 14.7 Å². The van der Waals surface area contributed by atoms with Gasteiger partial charge in [-0.1, -0.05) is 23.4 Å². The van der Waals surface area contributed by atoms with Gasteiger partial charge in [0.1, 0.15) is 0 Å². The van der Waals surface area contributed by atoms with Crippen LogP contribution in [-0.4, -0.2) is 24.5 Å². The highest BCUT2D eigenvalue weighted by atomic mass is 16.6. The summed E-state index contributed by atoms with van der Waals surface area (Å²) in [5.74, 6) is 0.218. The molecule has 0 radical (unpaired) electrons. The van der Waals surface area contributed by atoms with Crippen LogP contribution < -0.4 is 9.47 Å². The van der Waals surface area contributed by atoms with Crippen molar-refractivity contribution in [3.63, 3.8) is 0 Å². The van der Waals surface area contributed by atoms with E-state index in [1.807, 2.05) is 6.07 Å². The predicted octanol–water partition coefficient (Wildman–Crippen LogP) is 2.72. The molecule has 0 fully saturated rings. The standard InChI is InChI=1S/C15H13NO4/c1-19-14-9-11(10-16-18)7-8-13(14)20-15(17)12-5-3-2-4-6-12/h2-10,18H,1H3/b16-10+. The number of ether oxygens (including phenoxy) is 2. The molecule has 2 rings (SSSR count). The van der Waals surface area contributed by atoms with Gasteiger partial charge in [-0.3, -0.25) is 0 Å². The summed E-state index contributed by atoms with van der Waals surface area (Å²) in [6.07, 6.45) is 1.26. The molecule has 2 aromatic rings. The Balaban J connectivity index is 2.23. The number of oxime groups is 1. The smallest absolute Gasteiger partial charge is 0.343 e. The second kappa shape index (κ2) is 6.38. The van der Waals surface area contributed by atoms with Crippen molar-refractivity contribution in [3.8, 4) is 11.5 Å². The molecule has 0 atom stereocenters. The number of hydrogen-bond acceptors (Lipinski definition) is 5. The molecule has 0 bridgehead atoms. The number of methoxy groups -OCH3 is 1. The highest BCUT2D eigenvalue weighted by molar-refractivity contribution is 5.91. The monoisotopic (exact) mass is 271 g/mol. The van der Waals surface area contributed by atoms with Crippen molar-refractivity contribution in [2.45, 2.75) is 0 Å². The summed E-state index contributed by atoms with van der Waals surface area (Å²) in [6, 6.07) is 13.5. The minimum atomic E-state index is -0.465. The number of hydrogen-bond donors (Lipinski definition) is 1.